The molecule has 0 spiro atoms. The number of rotatable bonds is 61. The Kier molecular flexibility index (Phi) is 62.2. The highest BCUT2D eigenvalue weighted by molar-refractivity contribution is 5.71. The van der Waals surface area contributed by atoms with Gasteiger partial charge in [-0.2, -0.15) is 0 Å². The van der Waals surface area contributed by atoms with Crippen molar-refractivity contribution >= 4 is 17.9 Å². The molecule has 0 aromatic heterocycles. The largest absolute Gasteiger partial charge is 0.462 e. The molecule has 6 nitrogen and oxygen atoms in total. The van der Waals surface area contributed by atoms with Crippen LogP contribution in [0.25, 0.3) is 0 Å². The fourth-order valence-corrected chi connectivity index (χ4v) is 9.79. The van der Waals surface area contributed by atoms with Gasteiger partial charge in [0.15, 0.2) is 6.10 Å². The minimum absolute atomic E-state index is 0.0737. The third kappa shape index (κ3) is 62.0. The van der Waals surface area contributed by atoms with Crippen LogP contribution < -0.4 is 0 Å². The van der Waals surface area contributed by atoms with Gasteiger partial charge in [-0.25, -0.2) is 0 Å². The van der Waals surface area contributed by atoms with E-state index in [2.05, 4.69) is 81.5 Å². The van der Waals surface area contributed by atoms with Crippen molar-refractivity contribution in [2.45, 2.75) is 354 Å². The average molecular weight is 1060 g/mol. The lowest BCUT2D eigenvalue weighted by Gasteiger charge is -2.18. The van der Waals surface area contributed by atoms with Gasteiger partial charge in [0, 0.05) is 19.3 Å². The molecule has 0 bridgehead atoms. The van der Waals surface area contributed by atoms with E-state index in [0.717, 1.165) is 89.9 Å². The van der Waals surface area contributed by atoms with E-state index in [1.165, 1.54) is 218 Å². The summed E-state index contributed by atoms with van der Waals surface area (Å²) in [6, 6.07) is 0. The molecule has 0 saturated heterocycles. The Bertz CT molecular complexity index is 1360. The smallest absolute Gasteiger partial charge is 0.306 e. The summed E-state index contributed by atoms with van der Waals surface area (Å²) in [7, 11) is 0. The van der Waals surface area contributed by atoms with Gasteiger partial charge in [-0.15, -0.1) is 0 Å². The molecule has 0 aliphatic rings. The van der Waals surface area contributed by atoms with Crippen LogP contribution in [0.5, 0.6) is 0 Å². The summed E-state index contributed by atoms with van der Waals surface area (Å²) in [5.41, 5.74) is 0. The highest BCUT2D eigenvalue weighted by Crippen LogP contribution is 2.17. The van der Waals surface area contributed by atoms with Crippen molar-refractivity contribution in [2.75, 3.05) is 13.2 Å². The third-order valence-corrected chi connectivity index (χ3v) is 14.8. The first-order valence-electron chi connectivity index (χ1n) is 33.3. The number of unbranched alkanes of at least 4 members (excludes halogenated alkanes) is 40. The topological polar surface area (TPSA) is 78.9 Å². The lowest BCUT2D eigenvalue weighted by Crippen LogP contribution is -2.30. The van der Waals surface area contributed by atoms with Crippen LogP contribution in [0.15, 0.2) is 60.8 Å². The Morgan fingerprint density at radius 1 is 0.276 bits per heavy atom. The zero-order valence-electron chi connectivity index (χ0n) is 50.8. The number of esters is 3. The Labute approximate surface area is 472 Å². The van der Waals surface area contributed by atoms with Crippen LogP contribution >= 0.6 is 0 Å². The van der Waals surface area contributed by atoms with Crippen molar-refractivity contribution < 1.29 is 28.6 Å². The molecular formula is C70H126O6. The second-order valence-electron chi connectivity index (χ2n) is 22.4. The summed E-state index contributed by atoms with van der Waals surface area (Å²) >= 11 is 0. The highest BCUT2D eigenvalue weighted by atomic mass is 16.6. The number of carbonyl (C=O) groups is 3. The van der Waals surface area contributed by atoms with Gasteiger partial charge in [0.2, 0.25) is 0 Å². The van der Waals surface area contributed by atoms with Crippen molar-refractivity contribution in [2.24, 2.45) is 0 Å². The van der Waals surface area contributed by atoms with Gasteiger partial charge in [0.25, 0.3) is 0 Å². The Balaban J connectivity index is 4.35. The molecule has 6 heteroatoms. The maximum absolute atomic E-state index is 12.9. The molecule has 0 aliphatic carbocycles. The molecule has 0 fully saturated rings. The minimum atomic E-state index is -0.778. The first-order valence-corrected chi connectivity index (χ1v) is 33.3. The second-order valence-corrected chi connectivity index (χ2v) is 22.4. The molecule has 0 aromatic rings. The Morgan fingerprint density at radius 2 is 0.513 bits per heavy atom. The van der Waals surface area contributed by atoms with Gasteiger partial charge in [0.1, 0.15) is 13.2 Å². The highest BCUT2D eigenvalue weighted by Gasteiger charge is 2.19. The summed E-state index contributed by atoms with van der Waals surface area (Å²) in [5.74, 6) is -0.862. The number of hydrogen-bond donors (Lipinski definition) is 0. The van der Waals surface area contributed by atoms with Crippen LogP contribution in [0.4, 0.5) is 0 Å². The van der Waals surface area contributed by atoms with E-state index in [0.29, 0.717) is 19.3 Å². The van der Waals surface area contributed by atoms with E-state index >= 15 is 0 Å². The fourth-order valence-electron chi connectivity index (χ4n) is 9.79. The molecular weight excluding hydrogens is 937 g/mol. The summed E-state index contributed by atoms with van der Waals surface area (Å²) in [6.45, 7) is 6.58. The normalized spacial score (nSPS) is 12.4. The molecule has 1 atom stereocenters. The molecule has 0 rings (SSSR count). The predicted molar refractivity (Wildman–Crippen MR) is 330 cm³/mol. The molecule has 0 N–H and O–H groups in total. The summed E-state index contributed by atoms with van der Waals surface area (Å²) in [5, 5.41) is 0. The van der Waals surface area contributed by atoms with Crippen LogP contribution in [-0.4, -0.2) is 37.2 Å². The van der Waals surface area contributed by atoms with Gasteiger partial charge in [0.05, 0.1) is 0 Å². The van der Waals surface area contributed by atoms with Crippen molar-refractivity contribution in [3.8, 4) is 0 Å². The number of hydrogen-bond acceptors (Lipinski definition) is 6. The van der Waals surface area contributed by atoms with Crippen LogP contribution in [-0.2, 0) is 28.6 Å². The quantitative estimate of drug-likeness (QED) is 0.0261. The Hall–Kier alpha value is -2.89. The molecule has 0 heterocycles. The van der Waals surface area contributed by atoms with Gasteiger partial charge in [-0.1, -0.05) is 306 Å². The SMILES string of the molecule is CC/C=C\C/C=C\C/C=C\C/C=C\CCCCCCCCCCC(=O)OCC(COC(=O)CCCCCCCCCCCCCCCCCC)OC(=O)CCCCCCCCCCC/C=C\CCCCCCCCCC. The van der Waals surface area contributed by atoms with E-state index in [1.54, 1.807) is 0 Å². The minimum Gasteiger partial charge on any atom is -0.462 e. The lowest BCUT2D eigenvalue weighted by atomic mass is 10.0. The lowest BCUT2D eigenvalue weighted by molar-refractivity contribution is -0.167. The first-order chi connectivity index (χ1) is 37.5. The summed E-state index contributed by atoms with van der Waals surface area (Å²) in [4.78, 5) is 38.4. The fraction of sp³-hybridized carbons (Fsp3) is 0.814. The molecule has 0 radical (unpaired) electrons. The molecule has 0 saturated carbocycles. The number of ether oxygens (including phenoxy) is 3. The predicted octanol–water partition coefficient (Wildman–Crippen LogP) is 22.7. The number of carbonyl (C=O) groups excluding carboxylic acids is 3. The van der Waals surface area contributed by atoms with Gasteiger partial charge in [-0.3, -0.25) is 14.4 Å². The zero-order chi connectivity index (χ0) is 55.0. The van der Waals surface area contributed by atoms with Crippen LogP contribution in [0.1, 0.15) is 348 Å². The van der Waals surface area contributed by atoms with Crippen LogP contribution in [0.3, 0.4) is 0 Å². The average Bonchev–Trinajstić information content (AvgIpc) is 3.42. The zero-order valence-corrected chi connectivity index (χ0v) is 50.8. The van der Waals surface area contributed by atoms with Gasteiger partial charge < -0.3 is 14.2 Å². The molecule has 442 valence electrons. The van der Waals surface area contributed by atoms with E-state index in [9.17, 15) is 14.4 Å². The molecule has 76 heavy (non-hydrogen) atoms. The first kappa shape index (κ1) is 73.1. The molecule has 0 amide bonds. The van der Waals surface area contributed by atoms with Crippen molar-refractivity contribution in [1.82, 2.24) is 0 Å². The molecule has 0 aromatic carbocycles. The second kappa shape index (κ2) is 64.6. The number of allylic oxidation sites excluding steroid dienone is 10. The summed E-state index contributed by atoms with van der Waals surface area (Å²) < 4.78 is 17.0. The van der Waals surface area contributed by atoms with E-state index in [4.69, 9.17) is 14.2 Å². The van der Waals surface area contributed by atoms with Gasteiger partial charge >= 0.3 is 17.9 Å². The van der Waals surface area contributed by atoms with E-state index < -0.39 is 6.10 Å². The maximum Gasteiger partial charge on any atom is 0.306 e. The summed E-state index contributed by atoms with van der Waals surface area (Å²) in [6.07, 6.45) is 82.3. The standard InChI is InChI=1S/C70H126O6/c1-4-7-10-13-16-19-22-25-28-31-33-35-37-39-42-45-48-51-54-57-60-63-69(72)75-66-67(65-74-68(71)62-59-56-53-50-47-44-41-30-27-24-21-18-15-12-9-6-3)76-70(73)64-61-58-55-52-49-46-43-40-38-36-34-32-29-26-23-20-17-14-11-8-5-2/h7,10,16,19,25,28,32-35,67H,4-6,8-9,11-15,17-18,20-24,26-27,29-31,36-66H2,1-3H3/b10-7-,19-16-,28-25-,34-32-,35-33-. The third-order valence-electron chi connectivity index (χ3n) is 14.8. The molecule has 0 aliphatic heterocycles. The maximum atomic E-state index is 12.9. The van der Waals surface area contributed by atoms with Crippen LogP contribution in [0, 0.1) is 0 Å². The monoisotopic (exact) mass is 1060 g/mol. The molecule has 1 unspecified atom stereocenters. The van der Waals surface area contributed by atoms with Crippen molar-refractivity contribution in [3.05, 3.63) is 60.8 Å². The van der Waals surface area contributed by atoms with Crippen LogP contribution in [0.2, 0.25) is 0 Å². The van der Waals surface area contributed by atoms with Crippen molar-refractivity contribution in [1.29, 1.82) is 0 Å². The van der Waals surface area contributed by atoms with E-state index in [1.807, 2.05) is 0 Å². The Morgan fingerprint density at radius 3 is 0.816 bits per heavy atom. The van der Waals surface area contributed by atoms with E-state index in [-0.39, 0.29) is 31.1 Å². The van der Waals surface area contributed by atoms with Crippen molar-refractivity contribution in [3.63, 3.8) is 0 Å². The van der Waals surface area contributed by atoms with Gasteiger partial charge in [-0.05, 0) is 83.5 Å².